The molecule has 2 unspecified atom stereocenters. The third-order valence-electron chi connectivity index (χ3n) is 5.74. The van der Waals surface area contributed by atoms with Crippen molar-refractivity contribution >= 4 is 29.9 Å². The summed E-state index contributed by atoms with van der Waals surface area (Å²) in [6.07, 6.45) is 6.63. The molecule has 0 amide bonds. The van der Waals surface area contributed by atoms with Crippen LogP contribution in [0.25, 0.3) is 0 Å². The second-order valence-electron chi connectivity index (χ2n) is 8.97. The van der Waals surface area contributed by atoms with E-state index in [0.717, 1.165) is 31.6 Å². The van der Waals surface area contributed by atoms with Crippen LogP contribution in [0.5, 0.6) is 0 Å². The Hall–Kier alpha value is -0.0800. The van der Waals surface area contributed by atoms with Gasteiger partial charge in [-0.05, 0) is 63.6 Å². The number of nitrogens with zero attached hydrogens (tertiary/aromatic N) is 2. The highest BCUT2D eigenvalue weighted by Crippen LogP contribution is 2.33. The molecule has 0 aromatic rings. The van der Waals surface area contributed by atoms with Gasteiger partial charge in [0, 0.05) is 32.7 Å². The molecule has 0 aromatic carbocycles. The molecule has 0 aliphatic carbocycles. The van der Waals surface area contributed by atoms with Gasteiger partial charge < -0.3 is 20.3 Å². The highest BCUT2D eigenvalue weighted by molar-refractivity contribution is 14.0. The minimum Gasteiger partial charge on any atom is -0.377 e. The molecule has 2 fully saturated rings. The molecule has 0 spiro atoms. The first-order valence-electron chi connectivity index (χ1n) is 10.1. The van der Waals surface area contributed by atoms with Crippen LogP contribution in [0.3, 0.4) is 0 Å². The SMILES string of the molecule is CN=C(NCCC1CCN(C)CC1)NCC1CCCOC1C(C)(C)C.I. The van der Waals surface area contributed by atoms with Crippen LogP contribution in [0.15, 0.2) is 4.99 Å². The molecule has 6 heteroatoms. The van der Waals surface area contributed by atoms with E-state index >= 15 is 0 Å². The highest BCUT2D eigenvalue weighted by Gasteiger charge is 2.35. The first-order valence-corrected chi connectivity index (χ1v) is 10.1. The zero-order chi connectivity index (χ0) is 18.3. The second-order valence-corrected chi connectivity index (χ2v) is 8.97. The summed E-state index contributed by atoms with van der Waals surface area (Å²) >= 11 is 0. The zero-order valence-electron chi connectivity index (χ0n) is 17.5. The van der Waals surface area contributed by atoms with Gasteiger partial charge in [-0.15, -0.1) is 24.0 Å². The maximum Gasteiger partial charge on any atom is 0.190 e. The maximum atomic E-state index is 6.09. The second kappa shape index (κ2) is 11.7. The number of guanidine groups is 1. The molecule has 154 valence electrons. The van der Waals surface area contributed by atoms with E-state index in [1.165, 1.54) is 45.2 Å². The number of likely N-dealkylation sites (tertiary alicyclic amines) is 1. The monoisotopic (exact) mass is 480 g/mol. The molecule has 2 rings (SSSR count). The Morgan fingerprint density at radius 1 is 1.15 bits per heavy atom. The van der Waals surface area contributed by atoms with E-state index in [0.29, 0.717) is 12.0 Å². The lowest BCUT2D eigenvalue weighted by Gasteiger charge is -2.40. The molecule has 2 heterocycles. The number of aliphatic imine (C=N–C) groups is 1. The quantitative estimate of drug-likeness (QED) is 0.360. The first kappa shape index (κ1) is 24.0. The average Bonchev–Trinajstić information content (AvgIpc) is 2.59. The van der Waals surface area contributed by atoms with Crippen molar-refractivity contribution in [2.75, 3.05) is 46.9 Å². The van der Waals surface area contributed by atoms with E-state index < -0.39 is 0 Å². The van der Waals surface area contributed by atoms with Crippen molar-refractivity contribution in [3.63, 3.8) is 0 Å². The Labute approximate surface area is 178 Å². The van der Waals surface area contributed by atoms with Gasteiger partial charge in [-0.1, -0.05) is 20.8 Å². The van der Waals surface area contributed by atoms with Crippen molar-refractivity contribution < 1.29 is 4.74 Å². The van der Waals surface area contributed by atoms with Gasteiger partial charge in [0.25, 0.3) is 0 Å². The van der Waals surface area contributed by atoms with E-state index in [1.807, 2.05) is 7.05 Å². The molecule has 2 aliphatic rings. The summed E-state index contributed by atoms with van der Waals surface area (Å²) in [7, 11) is 4.09. The lowest BCUT2D eigenvalue weighted by atomic mass is 9.78. The number of halogens is 1. The van der Waals surface area contributed by atoms with Crippen LogP contribution in [-0.2, 0) is 4.74 Å². The summed E-state index contributed by atoms with van der Waals surface area (Å²) in [5.41, 5.74) is 0.192. The third kappa shape index (κ3) is 7.89. The van der Waals surface area contributed by atoms with Gasteiger partial charge in [-0.25, -0.2) is 0 Å². The summed E-state index contributed by atoms with van der Waals surface area (Å²) in [6, 6.07) is 0. The normalized spacial score (nSPS) is 26.3. The van der Waals surface area contributed by atoms with Gasteiger partial charge in [0.1, 0.15) is 0 Å². The van der Waals surface area contributed by atoms with Crippen LogP contribution in [0, 0.1) is 17.3 Å². The van der Waals surface area contributed by atoms with Crippen molar-refractivity contribution in [3.8, 4) is 0 Å². The Morgan fingerprint density at radius 3 is 2.46 bits per heavy atom. The number of piperidine rings is 1. The maximum absolute atomic E-state index is 6.09. The Kier molecular flexibility index (Phi) is 10.8. The van der Waals surface area contributed by atoms with Gasteiger partial charge in [0.05, 0.1) is 6.10 Å². The predicted molar refractivity (Wildman–Crippen MR) is 122 cm³/mol. The molecule has 26 heavy (non-hydrogen) atoms. The van der Waals surface area contributed by atoms with E-state index in [2.05, 4.69) is 48.3 Å². The van der Waals surface area contributed by atoms with E-state index in [1.54, 1.807) is 0 Å². The van der Waals surface area contributed by atoms with Crippen LogP contribution in [0.1, 0.15) is 52.9 Å². The van der Waals surface area contributed by atoms with Crippen LogP contribution in [0.4, 0.5) is 0 Å². The molecule has 0 bridgehead atoms. The third-order valence-corrected chi connectivity index (χ3v) is 5.74. The zero-order valence-corrected chi connectivity index (χ0v) is 19.8. The highest BCUT2D eigenvalue weighted by atomic mass is 127. The van der Waals surface area contributed by atoms with Gasteiger partial charge in [0.2, 0.25) is 0 Å². The molecule has 2 saturated heterocycles. The van der Waals surface area contributed by atoms with Crippen molar-refractivity contribution in [2.24, 2.45) is 22.2 Å². The van der Waals surface area contributed by atoms with E-state index in [9.17, 15) is 0 Å². The smallest absolute Gasteiger partial charge is 0.190 e. The number of rotatable bonds is 5. The fraction of sp³-hybridized carbons (Fsp3) is 0.950. The fourth-order valence-corrected chi connectivity index (χ4v) is 4.20. The number of nitrogens with one attached hydrogen (secondary N) is 2. The van der Waals surface area contributed by atoms with E-state index in [4.69, 9.17) is 4.74 Å². The fourth-order valence-electron chi connectivity index (χ4n) is 4.20. The molecule has 0 radical (unpaired) electrons. The molecule has 2 atom stereocenters. The lowest BCUT2D eigenvalue weighted by Crippen LogP contribution is -2.47. The Morgan fingerprint density at radius 2 is 1.85 bits per heavy atom. The van der Waals surface area contributed by atoms with Crippen molar-refractivity contribution in [1.29, 1.82) is 0 Å². The molecular formula is C20H41IN4O. The Bertz CT molecular complexity index is 417. The number of ether oxygens (including phenoxy) is 1. The van der Waals surface area contributed by atoms with Gasteiger partial charge in [-0.2, -0.15) is 0 Å². The summed E-state index contributed by atoms with van der Waals surface area (Å²) in [5, 5.41) is 7.04. The molecule has 2 aliphatic heterocycles. The van der Waals surface area contributed by atoms with Gasteiger partial charge >= 0.3 is 0 Å². The summed E-state index contributed by atoms with van der Waals surface area (Å²) in [4.78, 5) is 6.83. The predicted octanol–water partition coefficient (Wildman–Crippen LogP) is 3.34. The average molecular weight is 480 g/mol. The largest absolute Gasteiger partial charge is 0.377 e. The lowest BCUT2D eigenvalue weighted by molar-refractivity contribution is -0.0835. The summed E-state index contributed by atoms with van der Waals surface area (Å²) in [6.45, 7) is 12.2. The van der Waals surface area contributed by atoms with Gasteiger partial charge in [0.15, 0.2) is 5.96 Å². The van der Waals surface area contributed by atoms with Crippen molar-refractivity contribution in [2.45, 2.75) is 59.0 Å². The van der Waals surface area contributed by atoms with Crippen LogP contribution in [-0.4, -0.2) is 63.8 Å². The van der Waals surface area contributed by atoms with Crippen LogP contribution >= 0.6 is 24.0 Å². The first-order chi connectivity index (χ1) is 11.9. The topological polar surface area (TPSA) is 48.9 Å². The number of hydrogen-bond donors (Lipinski definition) is 2. The van der Waals surface area contributed by atoms with Crippen molar-refractivity contribution in [1.82, 2.24) is 15.5 Å². The van der Waals surface area contributed by atoms with Crippen LogP contribution in [0.2, 0.25) is 0 Å². The van der Waals surface area contributed by atoms with Crippen molar-refractivity contribution in [3.05, 3.63) is 0 Å². The Balaban J connectivity index is 0.00000338. The van der Waals surface area contributed by atoms with Gasteiger partial charge in [-0.3, -0.25) is 4.99 Å². The molecule has 2 N–H and O–H groups in total. The molecule has 5 nitrogen and oxygen atoms in total. The standard InChI is InChI=1S/C20H40N4O.HI/c1-20(2,3)18-17(7-6-14-25-18)15-23-19(21-4)22-11-8-16-9-12-24(5)13-10-16;/h16-18H,6-15H2,1-5H3,(H2,21,22,23);1H. The summed E-state index contributed by atoms with van der Waals surface area (Å²) < 4.78 is 6.09. The molecule has 0 saturated carbocycles. The summed E-state index contributed by atoms with van der Waals surface area (Å²) in [5.74, 6) is 2.35. The van der Waals surface area contributed by atoms with Crippen LogP contribution < -0.4 is 10.6 Å². The molecular weight excluding hydrogens is 439 g/mol. The van der Waals surface area contributed by atoms with E-state index in [-0.39, 0.29) is 29.4 Å². The molecule has 0 aromatic heterocycles. The minimum atomic E-state index is 0. The minimum absolute atomic E-state index is 0. The number of hydrogen-bond acceptors (Lipinski definition) is 3.